The van der Waals surface area contributed by atoms with Crippen molar-refractivity contribution in [3.63, 3.8) is 0 Å². The quantitative estimate of drug-likeness (QED) is 0.0902. The molecular weight excluding hydrogens is 909 g/mol. The third-order valence-electron chi connectivity index (χ3n) is 13.5. The Hall–Kier alpha value is -6.79. The minimum Gasteiger partial charge on any atom is -0.507 e. The van der Waals surface area contributed by atoms with Crippen molar-refractivity contribution in [2.45, 2.75) is 97.1 Å². The summed E-state index contributed by atoms with van der Waals surface area (Å²) in [5, 5.41) is 35.2. The van der Waals surface area contributed by atoms with Crippen molar-refractivity contribution in [2.24, 2.45) is 5.41 Å². The SMILES string of the molecule is Cc1ncsc1-c1ccc(C(C)NC(=O)[C@@H]2C[C@@H](O)CN2C(=O)C(NC(=O)CCC(=O)N2CCN(c3ccc(N4CCCC(Oc5cc(-c6ccccc6O)nnc5N)C4)cc3)CC2)C(C)(C)C)cc1. The van der Waals surface area contributed by atoms with E-state index in [1.807, 2.05) is 70.5 Å². The lowest BCUT2D eigenvalue weighted by Crippen LogP contribution is -2.58. The van der Waals surface area contributed by atoms with Gasteiger partial charge in [-0.3, -0.25) is 19.2 Å². The first-order chi connectivity index (χ1) is 33.5. The molecule has 5 atom stereocenters. The van der Waals surface area contributed by atoms with Crippen molar-refractivity contribution in [3.8, 4) is 33.2 Å². The number of aromatic hydroxyl groups is 1. The predicted molar refractivity (Wildman–Crippen MR) is 270 cm³/mol. The van der Waals surface area contributed by atoms with E-state index in [1.165, 1.54) is 4.90 Å². The zero-order chi connectivity index (χ0) is 49.7. The first-order valence-electron chi connectivity index (χ1n) is 24.1. The molecule has 3 aromatic carbocycles. The van der Waals surface area contributed by atoms with E-state index in [-0.39, 0.29) is 61.3 Å². The Bertz CT molecular complexity index is 2650. The number of nitrogens with zero attached hydrogens (tertiary/aromatic N) is 7. The smallest absolute Gasteiger partial charge is 0.246 e. The molecule has 6 N–H and O–H groups in total. The average Bonchev–Trinajstić information content (AvgIpc) is 3.98. The Kier molecular flexibility index (Phi) is 15.2. The van der Waals surface area contributed by atoms with Crippen LogP contribution in [0.2, 0.25) is 0 Å². The number of phenols is 1. The average molecular weight is 973 g/mol. The van der Waals surface area contributed by atoms with Gasteiger partial charge in [0.2, 0.25) is 23.6 Å². The standard InChI is InChI=1S/C52H64N10O7S/c1-32(34-12-14-35(15-13-34)47-33(2)54-31-70-47)55-50(67)42-27-38(63)29-62(42)51(68)48(52(3,4)5)56-45(65)20-21-46(66)60-25-23-59(24-26-60)36-16-18-37(19-17-36)61-22-8-9-39(30-61)69-44-28-41(57-58-49(44)53)40-10-6-7-11-43(40)64/h6-7,10-19,28,31-32,38-39,42,48,63-64H,8-9,20-27,29-30H2,1-5H3,(H2,53,58)(H,55,67)(H,56,65)/t32?,38-,39?,42+,48?/m1/s1. The molecule has 370 valence electrons. The van der Waals surface area contributed by atoms with Gasteiger partial charge in [-0.2, -0.15) is 0 Å². The molecule has 0 saturated carbocycles. The highest BCUT2D eigenvalue weighted by atomic mass is 32.1. The zero-order valence-electron chi connectivity index (χ0n) is 40.5. The number of para-hydroxylation sites is 1. The highest BCUT2D eigenvalue weighted by Crippen LogP contribution is 2.34. The summed E-state index contributed by atoms with van der Waals surface area (Å²) in [5.41, 5.74) is 13.3. The fourth-order valence-corrected chi connectivity index (χ4v) is 10.3. The Labute approximate surface area is 413 Å². The summed E-state index contributed by atoms with van der Waals surface area (Å²) < 4.78 is 6.37. The number of aliphatic hydroxyl groups is 1. The number of aryl methyl sites for hydroxylation is 1. The topological polar surface area (TPSA) is 220 Å². The molecule has 3 fully saturated rings. The van der Waals surface area contributed by atoms with E-state index in [4.69, 9.17) is 10.5 Å². The third kappa shape index (κ3) is 11.6. The molecule has 5 heterocycles. The van der Waals surface area contributed by atoms with Gasteiger partial charge in [-0.1, -0.05) is 57.2 Å². The Morgan fingerprint density at radius 2 is 1.59 bits per heavy atom. The van der Waals surface area contributed by atoms with Crippen LogP contribution in [0.5, 0.6) is 11.5 Å². The summed E-state index contributed by atoms with van der Waals surface area (Å²) in [6.07, 6.45) is 0.733. The molecule has 70 heavy (non-hydrogen) atoms. The van der Waals surface area contributed by atoms with Crippen LogP contribution in [0, 0.1) is 12.3 Å². The number of thiazole rings is 1. The normalized spacial score (nSPS) is 19.4. The van der Waals surface area contributed by atoms with E-state index in [1.54, 1.807) is 40.5 Å². The third-order valence-corrected chi connectivity index (χ3v) is 14.5. The van der Waals surface area contributed by atoms with Gasteiger partial charge < -0.3 is 50.9 Å². The second-order valence-electron chi connectivity index (χ2n) is 19.6. The number of ether oxygens (including phenoxy) is 1. The second kappa shape index (κ2) is 21.5. The second-order valence-corrected chi connectivity index (χ2v) is 20.4. The molecule has 0 bridgehead atoms. The van der Waals surface area contributed by atoms with Gasteiger partial charge in [0.1, 0.15) is 29.6 Å². The van der Waals surface area contributed by atoms with Crippen molar-refractivity contribution in [1.82, 2.24) is 35.6 Å². The van der Waals surface area contributed by atoms with Crippen LogP contribution in [0.25, 0.3) is 21.7 Å². The summed E-state index contributed by atoms with van der Waals surface area (Å²) in [6.45, 7) is 13.1. The van der Waals surface area contributed by atoms with Crippen LogP contribution in [0.15, 0.2) is 84.4 Å². The number of benzene rings is 3. The van der Waals surface area contributed by atoms with Crippen LogP contribution in [-0.2, 0) is 19.2 Å². The molecule has 17 nitrogen and oxygen atoms in total. The van der Waals surface area contributed by atoms with E-state index < -0.39 is 35.4 Å². The number of rotatable bonds is 14. The van der Waals surface area contributed by atoms with E-state index in [0.29, 0.717) is 49.7 Å². The van der Waals surface area contributed by atoms with Crippen molar-refractivity contribution >= 4 is 52.2 Å². The number of aliphatic hydroxyl groups excluding tert-OH is 1. The first kappa shape index (κ1) is 49.6. The maximum absolute atomic E-state index is 14.2. The number of anilines is 3. The Morgan fingerprint density at radius 1 is 0.886 bits per heavy atom. The molecule has 8 rings (SSSR count). The molecule has 4 amide bonds. The number of β-amino-alcohol motifs (C(OH)–C–C–N with tert-alkyl or cyclic N) is 1. The summed E-state index contributed by atoms with van der Waals surface area (Å²) >= 11 is 1.57. The van der Waals surface area contributed by atoms with E-state index in [9.17, 15) is 29.4 Å². The molecule has 3 aliphatic rings. The summed E-state index contributed by atoms with van der Waals surface area (Å²) in [4.78, 5) is 67.9. The van der Waals surface area contributed by atoms with Crippen LogP contribution in [0.4, 0.5) is 17.2 Å². The van der Waals surface area contributed by atoms with Crippen molar-refractivity contribution < 1.29 is 34.1 Å². The molecule has 0 aliphatic carbocycles. The van der Waals surface area contributed by atoms with Crippen LogP contribution in [-0.4, -0.2) is 129 Å². The van der Waals surface area contributed by atoms with E-state index in [2.05, 4.69) is 59.9 Å². The molecule has 3 saturated heterocycles. The van der Waals surface area contributed by atoms with Crippen LogP contribution < -0.4 is 30.9 Å². The maximum atomic E-state index is 14.2. The summed E-state index contributed by atoms with van der Waals surface area (Å²) in [7, 11) is 0. The highest BCUT2D eigenvalue weighted by molar-refractivity contribution is 7.13. The minimum atomic E-state index is -0.995. The van der Waals surface area contributed by atoms with E-state index >= 15 is 0 Å². The lowest BCUT2D eigenvalue weighted by atomic mass is 9.85. The predicted octanol–water partition coefficient (Wildman–Crippen LogP) is 5.71. The monoisotopic (exact) mass is 972 g/mol. The van der Waals surface area contributed by atoms with Gasteiger partial charge in [0.05, 0.1) is 34.8 Å². The molecule has 3 unspecified atom stereocenters. The number of nitrogen functional groups attached to an aromatic ring is 1. The van der Waals surface area contributed by atoms with Crippen molar-refractivity contribution in [2.75, 3.05) is 61.3 Å². The van der Waals surface area contributed by atoms with Gasteiger partial charge in [-0.25, -0.2) is 4.98 Å². The van der Waals surface area contributed by atoms with E-state index in [0.717, 1.165) is 52.5 Å². The van der Waals surface area contributed by atoms with Gasteiger partial charge >= 0.3 is 0 Å². The molecule has 0 radical (unpaired) electrons. The fraction of sp³-hybridized carbons (Fsp3) is 0.442. The fourth-order valence-electron chi connectivity index (χ4n) is 9.46. The lowest BCUT2D eigenvalue weighted by molar-refractivity contribution is -0.144. The number of hydrogen-bond acceptors (Lipinski definition) is 14. The van der Waals surface area contributed by atoms with Crippen LogP contribution >= 0.6 is 11.3 Å². The number of nitrogens with two attached hydrogens (primary N) is 1. The Morgan fingerprint density at radius 3 is 2.26 bits per heavy atom. The lowest BCUT2D eigenvalue weighted by Gasteiger charge is -2.37. The summed E-state index contributed by atoms with van der Waals surface area (Å²) in [6, 6.07) is 22.7. The molecule has 2 aromatic heterocycles. The maximum Gasteiger partial charge on any atom is 0.246 e. The van der Waals surface area contributed by atoms with Gasteiger partial charge in [0.25, 0.3) is 0 Å². The van der Waals surface area contributed by atoms with Crippen molar-refractivity contribution in [3.05, 3.63) is 95.6 Å². The number of piperidine rings is 1. The first-order valence-corrected chi connectivity index (χ1v) is 24.9. The number of aromatic nitrogens is 3. The number of piperazine rings is 1. The largest absolute Gasteiger partial charge is 0.507 e. The van der Waals surface area contributed by atoms with Gasteiger partial charge in [0.15, 0.2) is 11.6 Å². The number of hydrogen-bond donors (Lipinski definition) is 5. The molecule has 0 spiro atoms. The Balaban J connectivity index is 0.793. The molecular formula is C52H64N10O7S. The van der Waals surface area contributed by atoms with Gasteiger partial charge in [0, 0.05) is 81.5 Å². The number of likely N-dealkylation sites (tertiary alicyclic amines) is 1. The number of carbonyl (C=O) groups excluding carboxylic acids is 4. The van der Waals surface area contributed by atoms with Crippen molar-refractivity contribution in [1.29, 1.82) is 0 Å². The zero-order valence-corrected chi connectivity index (χ0v) is 41.3. The van der Waals surface area contributed by atoms with Crippen LogP contribution in [0.1, 0.15) is 77.1 Å². The number of nitrogens with one attached hydrogen (secondary N) is 2. The number of carbonyl (C=O) groups is 4. The molecule has 5 aromatic rings. The summed E-state index contributed by atoms with van der Waals surface area (Å²) in [5.74, 6) is -0.680. The van der Waals surface area contributed by atoms with Gasteiger partial charge in [-0.05, 0) is 79.6 Å². The molecule has 3 aliphatic heterocycles. The van der Waals surface area contributed by atoms with Crippen LogP contribution in [0.3, 0.4) is 0 Å². The number of phenolic OH excluding ortho intramolecular Hbond substituents is 1. The minimum absolute atomic E-state index is 0.00960. The molecule has 18 heteroatoms. The van der Waals surface area contributed by atoms with Gasteiger partial charge in [-0.15, -0.1) is 21.5 Å². The highest BCUT2D eigenvalue weighted by Gasteiger charge is 2.45. The number of amides is 4.